The smallest absolute Gasteiger partial charge is 0.160 e. The Morgan fingerprint density at radius 1 is 0.250 bits per heavy atom. The maximum atomic E-state index is 5.45. The number of hydrogen-bond acceptors (Lipinski definition) is 3. The van der Waals surface area contributed by atoms with Gasteiger partial charge in [-0.15, -0.1) is 0 Å². The van der Waals surface area contributed by atoms with E-state index in [0.29, 0.717) is 5.82 Å². The molecule has 0 radical (unpaired) electrons. The molecule has 0 bridgehead atoms. The van der Waals surface area contributed by atoms with Crippen LogP contribution in [0.5, 0.6) is 0 Å². The third-order valence-corrected chi connectivity index (χ3v) is 11.5. The van der Waals surface area contributed by atoms with Crippen LogP contribution < -0.4 is 0 Å². The lowest BCUT2D eigenvalue weighted by molar-refractivity contribution is 1.18. The molecule has 2 heterocycles. The number of para-hydroxylation sites is 1. The molecule has 11 rings (SSSR count). The van der Waals surface area contributed by atoms with E-state index in [1.807, 2.05) is 18.2 Å². The van der Waals surface area contributed by atoms with Crippen molar-refractivity contribution in [3.05, 3.63) is 224 Å². The summed E-state index contributed by atoms with van der Waals surface area (Å²) in [6.45, 7) is 0. The average Bonchev–Trinajstić information content (AvgIpc) is 3.34. The number of pyridine rings is 1. The Labute approximate surface area is 349 Å². The van der Waals surface area contributed by atoms with E-state index in [-0.39, 0.29) is 0 Å². The summed E-state index contributed by atoms with van der Waals surface area (Å²) in [7, 11) is 0. The van der Waals surface area contributed by atoms with Crippen molar-refractivity contribution >= 4 is 32.4 Å². The molecule has 3 nitrogen and oxygen atoms in total. The second-order valence-electron chi connectivity index (χ2n) is 15.1. The number of aromatic nitrogens is 3. The highest BCUT2D eigenvalue weighted by atomic mass is 14.9. The molecule has 0 fully saturated rings. The molecule has 280 valence electrons. The van der Waals surface area contributed by atoms with Gasteiger partial charge in [-0.1, -0.05) is 206 Å². The van der Waals surface area contributed by atoms with Crippen LogP contribution in [-0.2, 0) is 0 Å². The van der Waals surface area contributed by atoms with Crippen molar-refractivity contribution in [1.29, 1.82) is 0 Å². The number of nitrogens with zero attached hydrogens (tertiary/aromatic N) is 3. The van der Waals surface area contributed by atoms with Crippen LogP contribution in [-0.4, -0.2) is 15.0 Å². The first-order valence-corrected chi connectivity index (χ1v) is 20.4. The molecule has 3 heteroatoms. The highest BCUT2D eigenvalue weighted by Gasteiger charge is 2.22. The van der Waals surface area contributed by atoms with Crippen molar-refractivity contribution in [2.24, 2.45) is 0 Å². The fraction of sp³-hybridized carbons (Fsp3) is 0. The first-order chi connectivity index (χ1) is 29.7. The summed E-state index contributed by atoms with van der Waals surface area (Å²) >= 11 is 0. The van der Waals surface area contributed by atoms with Gasteiger partial charge in [-0.2, -0.15) is 0 Å². The zero-order valence-electron chi connectivity index (χ0n) is 32.7. The van der Waals surface area contributed by atoms with E-state index in [4.69, 9.17) is 15.0 Å². The fourth-order valence-electron chi connectivity index (χ4n) is 8.56. The Bertz CT molecular complexity index is 3220. The minimum atomic E-state index is 0.676. The van der Waals surface area contributed by atoms with Crippen LogP contribution in [0.3, 0.4) is 0 Å². The second-order valence-corrected chi connectivity index (χ2v) is 15.1. The van der Waals surface area contributed by atoms with Crippen molar-refractivity contribution in [1.82, 2.24) is 15.0 Å². The van der Waals surface area contributed by atoms with Crippen LogP contribution in [0.25, 0.3) is 111 Å². The molecular weight excluding hydrogens is 727 g/mol. The van der Waals surface area contributed by atoms with Gasteiger partial charge in [-0.3, -0.25) is 0 Å². The number of rotatable bonds is 7. The summed E-state index contributed by atoms with van der Waals surface area (Å²) in [6.07, 6.45) is 0. The monoisotopic (exact) mass is 763 g/mol. The highest BCUT2D eigenvalue weighted by molar-refractivity contribution is 6.22. The standard InChI is InChI=1S/C57H37N3/c1-4-16-38(17-5-1)44-23-14-25-46(36-44)55-52(56(60-57(59-55)43-21-8-3-9-22-43)47-26-15-24-45(37-47)39-18-6-2-7-19-39)41-30-32-42(33-31-41)54-50-35-34-40-20-10-11-27-48(40)53(50)49-28-12-13-29-51(49)58-54/h1-37H. The van der Waals surface area contributed by atoms with Crippen molar-refractivity contribution in [3.63, 3.8) is 0 Å². The quantitative estimate of drug-likeness (QED) is 0.152. The minimum Gasteiger partial charge on any atom is -0.247 e. The van der Waals surface area contributed by atoms with Gasteiger partial charge < -0.3 is 0 Å². The molecule has 60 heavy (non-hydrogen) atoms. The third-order valence-electron chi connectivity index (χ3n) is 11.5. The Hall–Kier alpha value is -8.01. The molecule has 0 N–H and O–H groups in total. The molecule has 0 saturated heterocycles. The maximum absolute atomic E-state index is 5.45. The number of hydrogen-bond donors (Lipinski definition) is 0. The van der Waals surface area contributed by atoms with Crippen molar-refractivity contribution < 1.29 is 0 Å². The Kier molecular flexibility index (Phi) is 8.83. The summed E-state index contributed by atoms with van der Waals surface area (Å²) in [5.74, 6) is 0.676. The van der Waals surface area contributed by atoms with Crippen LogP contribution in [0, 0.1) is 0 Å². The van der Waals surface area contributed by atoms with Gasteiger partial charge in [0.2, 0.25) is 0 Å². The van der Waals surface area contributed by atoms with Gasteiger partial charge in [0.25, 0.3) is 0 Å². The van der Waals surface area contributed by atoms with E-state index in [9.17, 15) is 0 Å². The Morgan fingerprint density at radius 3 is 1.35 bits per heavy atom. The van der Waals surface area contributed by atoms with Crippen molar-refractivity contribution in [2.45, 2.75) is 0 Å². The summed E-state index contributed by atoms with van der Waals surface area (Å²) in [6, 6.07) is 79.2. The predicted molar refractivity (Wildman–Crippen MR) is 250 cm³/mol. The molecule has 9 aromatic carbocycles. The summed E-state index contributed by atoms with van der Waals surface area (Å²) in [4.78, 5) is 16.2. The van der Waals surface area contributed by atoms with Gasteiger partial charge in [0.15, 0.2) is 5.82 Å². The summed E-state index contributed by atoms with van der Waals surface area (Å²) in [5, 5.41) is 5.96. The summed E-state index contributed by atoms with van der Waals surface area (Å²) in [5.41, 5.74) is 14.3. The zero-order valence-corrected chi connectivity index (χ0v) is 32.7. The van der Waals surface area contributed by atoms with E-state index in [2.05, 4.69) is 206 Å². The first-order valence-electron chi connectivity index (χ1n) is 20.4. The van der Waals surface area contributed by atoms with E-state index >= 15 is 0 Å². The van der Waals surface area contributed by atoms with Gasteiger partial charge in [0.05, 0.1) is 22.6 Å². The minimum absolute atomic E-state index is 0.676. The van der Waals surface area contributed by atoms with Gasteiger partial charge in [-0.25, -0.2) is 15.0 Å². The van der Waals surface area contributed by atoms with Gasteiger partial charge in [0.1, 0.15) is 0 Å². The normalized spacial score (nSPS) is 11.3. The van der Waals surface area contributed by atoms with E-state index in [1.54, 1.807) is 0 Å². The molecule has 0 spiro atoms. The topological polar surface area (TPSA) is 38.7 Å². The lowest BCUT2D eigenvalue weighted by Gasteiger charge is -2.18. The molecule has 11 aromatic rings. The molecule has 0 atom stereocenters. The molecule has 0 saturated carbocycles. The van der Waals surface area contributed by atoms with Crippen LogP contribution in [0.2, 0.25) is 0 Å². The predicted octanol–water partition coefficient (Wildman–Crippen LogP) is 15.0. The Morgan fingerprint density at radius 2 is 0.733 bits per heavy atom. The van der Waals surface area contributed by atoms with Crippen LogP contribution >= 0.6 is 0 Å². The van der Waals surface area contributed by atoms with Crippen LogP contribution in [0.15, 0.2) is 224 Å². The highest BCUT2D eigenvalue weighted by Crippen LogP contribution is 2.43. The zero-order chi connectivity index (χ0) is 39.8. The molecular formula is C57H37N3. The van der Waals surface area contributed by atoms with Gasteiger partial charge in [-0.05, 0) is 56.8 Å². The number of fused-ring (bicyclic) bond motifs is 5. The molecule has 0 aliphatic rings. The third kappa shape index (κ3) is 6.39. The lowest BCUT2D eigenvalue weighted by atomic mass is 9.90. The van der Waals surface area contributed by atoms with Crippen LogP contribution in [0.4, 0.5) is 0 Å². The SMILES string of the molecule is c1ccc(-c2cccc(-c3nc(-c4ccccc4)nc(-c4cccc(-c5ccccc5)c4)c3-c3ccc(-c4nc5ccccc5c5c4ccc4ccccc45)cc3)c2)cc1. The summed E-state index contributed by atoms with van der Waals surface area (Å²) < 4.78 is 0. The van der Waals surface area contributed by atoms with E-state index < -0.39 is 0 Å². The van der Waals surface area contributed by atoms with Gasteiger partial charge in [0, 0.05) is 44.0 Å². The van der Waals surface area contributed by atoms with Gasteiger partial charge >= 0.3 is 0 Å². The first kappa shape index (κ1) is 35.2. The van der Waals surface area contributed by atoms with Crippen molar-refractivity contribution in [3.8, 4) is 78.5 Å². The van der Waals surface area contributed by atoms with E-state index in [0.717, 1.165) is 89.0 Å². The molecule has 0 aliphatic heterocycles. The molecule has 0 amide bonds. The average molecular weight is 764 g/mol. The van der Waals surface area contributed by atoms with E-state index in [1.165, 1.54) is 16.2 Å². The molecule has 0 unspecified atom stereocenters. The number of benzene rings is 9. The lowest BCUT2D eigenvalue weighted by Crippen LogP contribution is -2.01. The largest absolute Gasteiger partial charge is 0.247 e. The molecule has 0 aliphatic carbocycles. The molecule has 2 aromatic heterocycles. The fourth-order valence-corrected chi connectivity index (χ4v) is 8.56. The Balaban J connectivity index is 1.15. The maximum Gasteiger partial charge on any atom is 0.160 e. The van der Waals surface area contributed by atoms with Crippen molar-refractivity contribution in [2.75, 3.05) is 0 Å². The van der Waals surface area contributed by atoms with Crippen LogP contribution in [0.1, 0.15) is 0 Å². The second kappa shape index (κ2) is 15.1.